The zero-order valence-corrected chi connectivity index (χ0v) is 11.0. The van der Waals surface area contributed by atoms with Gasteiger partial charge in [-0.15, -0.1) is 0 Å². The standard InChI is InChI=1S/C13H21N3O/c1-5-10(2)13(17)15-9-11-7-6-8-14-12(11)16(3)4/h6-8,10H,5,9H2,1-4H3,(H,15,17). The summed E-state index contributed by atoms with van der Waals surface area (Å²) in [5, 5.41) is 2.94. The van der Waals surface area contributed by atoms with Crippen LogP contribution in [0.15, 0.2) is 18.3 Å². The molecule has 0 fully saturated rings. The largest absolute Gasteiger partial charge is 0.362 e. The van der Waals surface area contributed by atoms with Gasteiger partial charge in [-0.3, -0.25) is 4.79 Å². The summed E-state index contributed by atoms with van der Waals surface area (Å²) in [4.78, 5) is 17.9. The summed E-state index contributed by atoms with van der Waals surface area (Å²) >= 11 is 0. The molecule has 4 heteroatoms. The highest BCUT2D eigenvalue weighted by molar-refractivity contribution is 5.78. The molecule has 1 rings (SSSR count). The second-order valence-corrected chi connectivity index (χ2v) is 4.41. The van der Waals surface area contributed by atoms with E-state index in [1.165, 1.54) is 0 Å². The second-order valence-electron chi connectivity index (χ2n) is 4.41. The third-order valence-corrected chi connectivity index (χ3v) is 2.80. The van der Waals surface area contributed by atoms with Gasteiger partial charge < -0.3 is 10.2 Å². The highest BCUT2D eigenvalue weighted by Crippen LogP contribution is 2.14. The first kappa shape index (κ1) is 13.5. The fraction of sp³-hybridized carbons (Fsp3) is 0.538. The lowest BCUT2D eigenvalue weighted by Gasteiger charge is -2.17. The van der Waals surface area contributed by atoms with Crippen LogP contribution in [-0.4, -0.2) is 25.0 Å². The third-order valence-electron chi connectivity index (χ3n) is 2.80. The predicted molar refractivity (Wildman–Crippen MR) is 69.9 cm³/mol. The SMILES string of the molecule is CCC(C)C(=O)NCc1cccnc1N(C)C. The van der Waals surface area contributed by atoms with Crippen LogP contribution in [0, 0.1) is 5.92 Å². The summed E-state index contributed by atoms with van der Waals surface area (Å²) in [6.45, 7) is 4.48. The summed E-state index contributed by atoms with van der Waals surface area (Å²) < 4.78 is 0. The van der Waals surface area contributed by atoms with E-state index in [1.54, 1.807) is 6.20 Å². The minimum absolute atomic E-state index is 0.0643. The number of pyridine rings is 1. The van der Waals surface area contributed by atoms with Gasteiger partial charge in [-0.1, -0.05) is 19.9 Å². The predicted octanol–water partition coefficient (Wildman–Crippen LogP) is 1.81. The first-order valence-corrected chi connectivity index (χ1v) is 5.95. The maximum Gasteiger partial charge on any atom is 0.223 e. The molecule has 0 bridgehead atoms. The monoisotopic (exact) mass is 235 g/mol. The molecule has 1 unspecified atom stereocenters. The molecule has 1 N–H and O–H groups in total. The Labute approximate surface area is 103 Å². The number of carbonyl (C=O) groups is 1. The van der Waals surface area contributed by atoms with Crippen LogP contribution in [0.3, 0.4) is 0 Å². The quantitative estimate of drug-likeness (QED) is 0.846. The molecule has 0 spiro atoms. The molecule has 0 saturated carbocycles. The Kier molecular flexibility index (Phi) is 4.94. The summed E-state index contributed by atoms with van der Waals surface area (Å²) in [6.07, 6.45) is 2.62. The maximum atomic E-state index is 11.7. The average molecular weight is 235 g/mol. The number of rotatable bonds is 5. The second kappa shape index (κ2) is 6.23. The van der Waals surface area contributed by atoms with Crippen molar-refractivity contribution in [3.05, 3.63) is 23.9 Å². The Morgan fingerprint density at radius 1 is 1.53 bits per heavy atom. The molecule has 0 aromatic carbocycles. The van der Waals surface area contributed by atoms with Gasteiger partial charge in [-0.05, 0) is 12.5 Å². The molecule has 0 aliphatic heterocycles. The van der Waals surface area contributed by atoms with Crippen LogP contribution in [-0.2, 0) is 11.3 Å². The third kappa shape index (κ3) is 3.73. The molecule has 17 heavy (non-hydrogen) atoms. The Bertz CT molecular complexity index is 377. The molecule has 1 heterocycles. The number of nitrogens with one attached hydrogen (secondary N) is 1. The fourth-order valence-electron chi connectivity index (χ4n) is 1.51. The summed E-state index contributed by atoms with van der Waals surface area (Å²) in [7, 11) is 3.89. The Hall–Kier alpha value is -1.58. The summed E-state index contributed by atoms with van der Waals surface area (Å²) in [5.41, 5.74) is 1.04. The lowest BCUT2D eigenvalue weighted by Crippen LogP contribution is -2.29. The molecular formula is C13H21N3O. The van der Waals surface area contributed by atoms with E-state index in [1.807, 2.05) is 45.0 Å². The van der Waals surface area contributed by atoms with Crippen LogP contribution in [0.5, 0.6) is 0 Å². The van der Waals surface area contributed by atoms with Gasteiger partial charge in [0.2, 0.25) is 5.91 Å². The smallest absolute Gasteiger partial charge is 0.223 e. The highest BCUT2D eigenvalue weighted by Gasteiger charge is 2.11. The van der Waals surface area contributed by atoms with Gasteiger partial charge in [0.05, 0.1) is 0 Å². The van der Waals surface area contributed by atoms with Crippen molar-refractivity contribution in [1.29, 1.82) is 0 Å². The van der Waals surface area contributed by atoms with Gasteiger partial charge in [0.1, 0.15) is 5.82 Å². The first-order chi connectivity index (χ1) is 8.06. The van der Waals surface area contributed by atoms with Gasteiger partial charge in [-0.25, -0.2) is 4.98 Å². The van der Waals surface area contributed by atoms with Crippen molar-refractivity contribution in [2.24, 2.45) is 5.92 Å². The molecule has 0 saturated heterocycles. The Morgan fingerprint density at radius 2 is 2.24 bits per heavy atom. The number of carbonyl (C=O) groups excluding carboxylic acids is 1. The number of hydrogen-bond donors (Lipinski definition) is 1. The zero-order chi connectivity index (χ0) is 12.8. The van der Waals surface area contributed by atoms with Gasteiger partial charge in [-0.2, -0.15) is 0 Å². The lowest BCUT2D eigenvalue weighted by molar-refractivity contribution is -0.124. The highest BCUT2D eigenvalue weighted by atomic mass is 16.1. The number of nitrogens with zero attached hydrogens (tertiary/aromatic N) is 2. The van der Waals surface area contributed by atoms with Crippen LogP contribution >= 0.6 is 0 Å². The van der Waals surface area contributed by atoms with E-state index >= 15 is 0 Å². The Morgan fingerprint density at radius 3 is 2.82 bits per heavy atom. The minimum atomic E-state index is 0.0643. The molecule has 1 aromatic heterocycles. The van der Waals surface area contributed by atoms with E-state index in [2.05, 4.69) is 10.3 Å². The molecular weight excluding hydrogens is 214 g/mol. The van der Waals surface area contributed by atoms with Crippen molar-refractivity contribution in [3.63, 3.8) is 0 Å². The van der Waals surface area contributed by atoms with Crippen molar-refractivity contribution in [2.45, 2.75) is 26.8 Å². The number of aromatic nitrogens is 1. The molecule has 1 atom stereocenters. The molecule has 94 valence electrons. The first-order valence-electron chi connectivity index (χ1n) is 5.95. The molecule has 0 aliphatic carbocycles. The molecule has 4 nitrogen and oxygen atoms in total. The van der Waals surface area contributed by atoms with Crippen LogP contribution in [0.25, 0.3) is 0 Å². The van der Waals surface area contributed by atoms with E-state index in [4.69, 9.17) is 0 Å². The molecule has 0 radical (unpaired) electrons. The number of hydrogen-bond acceptors (Lipinski definition) is 3. The lowest BCUT2D eigenvalue weighted by atomic mass is 10.1. The van der Waals surface area contributed by atoms with Crippen LogP contribution in [0.1, 0.15) is 25.8 Å². The Balaban J connectivity index is 2.66. The molecule has 1 amide bonds. The molecule has 1 aromatic rings. The number of anilines is 1. The van der Waals surface area contributed by atoms with E-state index < -0.39 is 0 Å². The van der Waals surface area contributed by atoms with E-state index in [-0.39, 0.29) is 11.8 Å². The van der Waals surface area contributed by atoms with Gasteiger partial charge >= 0.3 is 0 Å². The van der Waals surface area contributed by atoms with Crippen molar-refractivity contribution in [1.82, 2.24) is 10.3 Å². The van der Waals surface area contributed by atoms with E-state index in [9.17, 15) is 4.79 Å². The van der Waals surface area contributed by atoms with Crippen molar-refractivity contribution in [3.8, 4) is 0 Å². The van der Waals surface area contributed by atoms with Crippen LogP contribution < -0.4 is 10.2 Å². The average Bonchev–Trinajstić information content (AvgIpc) is 2.35. The van der Waals surface area contributed by atoms with E-state index in [0.717, 1.165) is 17.8 Å². The normalized spacial score (nSPS) is 12.0. The maximum absolute atomic E-state index is 11.7. The van der Waals surface area contributed by atoms with Crippen molar-refractivity contribution < 1.29 is 4.79 Å². The number of amides is 1. The van der Waals surface area contributed by atoms with Gasteiger partial charge in [0, 0.05) is 38.3 Å². The molecule has 0 aliphatic rings. The zero-order valence-electron chi connectivity index (χ0n) is 11.0. The van der Waals surface area contributed by atoms with E-state index in [0.29, 0.717) is 6.54 Å². The van der Waals surface area contributed by atoms with Crippen LogP contribution in [0.4, 0.5) is 5.82 Å². The van der Waals surface area contributed by atoms with Crippen molar-refractivity contribution in [2.75, 3.05) is 19.0 Å². The van der Waals surface area contributed by atoms with Crippen molar-refractivity contribution >= 4 is 11.7 Å². The van der Waals surface area contributed by atoms with Gasteiger partial charge in [0.15, 0.2) is 0 Å². The van der Waals surface area contributed by atoms with Crippen LogP contribution in [0.2, 0.25) is 0 Å². The van der Waals surface area contributed by atoms with Gasteiger partial charge in [0.25, 0.3) is 0 Å². The summed E-state index contributed by atoms with van der Waals surface area (Å²) in [5.74, 6) is 1.06. The summed E-state index contributed by atoms with van der Waals surface area (Å²) in [6, 6.07) is 3.87. The fourth-order valence-corrected chi connectivity index (χ4v) is 1.51. The minimum Gasteiger partial charge on any atom is -0.362 e. The topological polar surface area (TPSA) is 45.2 Å².